The van der Waals surface area contributed by atoms with Crippen molar-refractivity contribution in [1.29, 1.82) is 0 Å². The smallest absolute Gasteiger partial charge is 0.201 e. The lowest BCUT2D eigenvalue weighted by Gasteiger charge is -2.01. The maximum absolute atomic E-state index is 11.4. The first-order chi connectivity index (χ1) is 7.31. The van der Waals surface area contributed by atoms with Crippen LogP contribution in [0.25, 0.3) is 0 Å². The third-order valence-corrected chi connectivity index (χ3v) is 2.22. The number of ketones is 1. The number of nitrogens with one attached hydrogen (secondary N) is 1. The van der Waals surface area contributed by atoms with E-state index in [-0.39, 0.29) is 5.78 Å². The quantitative estimate of drug-likeness (QED) is 0.465. The molecule has 0 spiro atoms. The van der Waals surface area contributed by atoms with Gasteiger partial charge in [0.1, 0.15) is 6.61 Å². The Bertz CT molecular complexity index is 393. The van der Waals surface area contributed by atoms with E-state index in [4.69, 9.17) is 9.78 Å². The summed E-state index contributed by atoms with van der Waals surface area (Å²) in [6.07, 6.45) is 4.25. The molecule has 0 aromatic carbocycles. The standard InChI is InChI=1S/C11H13NO3/c1-2-14-15-7-9-6-8-4-3-5-10(13)11(8)12-9/h3,5-6,12H,2,4,7H2,1H3. The summed E-state index contributed by atoms with van der Waals surface area (Å²) in [6.45, 7) is 2.71. The van der Waals surface area contributed by atoms with Crippen molar-refractivity contribution in [2.45, 2.75) is 20.0 Å². The fourth-order valence-corrected chi connectivity index (χ4v) is 1.58. The van der Waals surface area contributed by atoms with Crippen LogP contribution < -0.4 is 0 Å². The molecule has 1 aromatic heterocycles. The summed E-state index contributed by atoms with van der Waals surface area (Å²) in [5.74, 6) is 0.0268. The van der Waals surface area contributed by atoms with Crippen LogP contribution in [0.1, 0.15) is 28.7 Å². The van der Waals surface area contributed by atoms with Gasteiger partial charge in [0.15, 0.2) is 0 Å². The fourth-order valence-electron chi connectivity index (χ4n) is 1.58. The predicted molar refractivity (Wildman–Crippen MR) is 54.4 cm³/mol. The average Bonchev–Trinajstić information content (AvgIpc) is 2.63. The van der Waals surface area contributed by atoms with Crippen molar-refractivity contribution in [1.82, 2.24) is 4.98 Å². The molecule has 0 saturated carbocycles. The number of hydrogen-bond donors (Lipinski definition) is 1. The molecule has 0 amide bonds. The van der Waals surface area contributed by atoms with Gasteiger partial charge < -0.3 is 4.98 Å². The summed E-state index contributed by atoms with van der Waals surface area (Å²) < 4.78 is 0. The van der Waals surface area contributed by atoms with Crippen molar-refractivity contribution in [3.8, 4) is 0 Å². The van der Waals surface area contributed by atoms with Gasteiger partial charge in [0, 0.05) is 5.69 Å². The Morgan fingerprint density at radius 3 is 3.07 bits per heavy atom. The first-order valence-electron chi connectivity index (χ1n) is 4.97. The lowest BCUT2D eigenvalue weighted by Crippen LogP contribution is -2.03. The Kier molecular flexibility index (Phi) is 2.99. The largest absolute Gasteiger partial charge is 0.353 e. The summed E-state index contributed by atoms with van der Waals surface area (Å²) >= 11 is 0. The van der Waals surface area contributed by atoms with E-state index >= 15 is 0 Å². The maximum atomic E-state index is 11.4. The van der Waals surface area contributed by atoms with Crippen LogP contribution in [0.15, 0.2) is 18.2 Å². The number of fused-ring (bicyclic) bond motifs is 1. The predicted octanol–water partition coefficient (Wildman–Crippen LogP) is 1.78. The zero-order valence-corrected chi connectivity index (χ0v) is 8.58. The van der Waals surface area contributed by atoms with Crippen molar-refractivity contribution in [3.63, 3.8) is 0 Å². The molecule has 0 aliphatic heterocycles. The Balaban J connectivity index is 2.06. The maximum Gasteiger partial charge on any atom is 0.201 e. The van der Waals surface area contributed by atoms with Crippen molar-refractivity contribution in [2.24, 2.45) is 0 Å². The molecular formula is C11H13NO3. The average molecular weight is 207 g/mol. The van der Waals surface area contributed by atoms with Gasteiger partial charge in [-0.2, -0.15) is 0 Å². The lowest BCUT2D eigenvalue weighted by molar-refractivity contribution is -0.301. The minimum Gasteiger partial charge on any atom is -0.353 e. The molecule has 1 aromatic rings. The molecule has 2 rings (SSSR count). The van der Waals surface area contributed by atoms with E-state index in [1.807, 2.05) is 19.1 Å². The van der Waals surface area contributed by atoms with Gasteiger partial charge in [0.25, 0.3) is 0 Å². The van der Waals surface area contributed by atoms with Crippen LogP contribution in [0.2, 0.25) is 0 Å². The summed E-state index contributed by atoms with van der Waals surface area (Å²) in [7, 11) is 0. The van der Waals surface area contributed by atoms with Gasteiger partial charge in [-0.05, 0) is 31.1 Å². The number of H-pyrrole nitrogens is 1. The molecule has 15 heavy (non-hydrogen) atoms. The second kappa shape index (κ2) is 4.42. The van der Waals surface area contributed by atoms with Crippen molar-refractivity contribution in [2.75, 3.05) is 6.61 Å². The summed E-state index contributed by atoms with van der Waals surface area (Å²) in [5.41, 5.74) is 2.57. The Morgan fingerprint density at radius 1 is 1.47 bits per heavy atom. The minimum atomic E-state index is 0.0268. The number of carbonyl (C=O) groups is 1. The van der Waals surface area contributed by atoms with Gasteiger partial charge in [-0.1, -0.05) is 6.08 Å². The first-order valence-corrected chi connectivity index (χ1v) is 4.97. The molecule has 0 fully saturated rings. The molecule has 0 saturated heterocycles. The van der Waals surface area contributed by atoms with Crippen LogP contribution in [0.3, 0.4) is 0 Å². The third-order valence-electron chi connectivity index (χ3n) is 2.22. The van der Waals surface area contributed by atoms with Crippen LogP contribution in [-0.4, -0.2) is 17.4 Å². The molecule has 0 atom stereocenters. The van der Waals surface area contributed by atoms with E-state index in [0.717, 1.165) is 17.7 Å². The van der Waals surface area contributed by atoms with E-state index in [1.54, 1.807) is 6.08 Å². The monoisotopic (exact) mass is 207 g/mol. The van der Waals surface area contributed by atoms with Gasteiger partial charge in [-0.3, -0.25) is 4.79 Å². The molecular weight excluding hydrogens is 194 g/mol. The van der Waals surface area contributed by atoms with E-state index in [9.17, 15) is 4.79 Å². The van der Waals surface area contributed by atoms with E-state index in [1.165, 1.54) is 0 Å². The number of aromatic nitrogens is 1. The zero-order valence-electron chi connectivity index (χ0n) is 8.58. The summed E-state index contributed by atoms with van der Waals surface area (Å²) in [4.78, 5) is 24.2. The topological polar surface area (TPSA) is 51.3 Å². The van der Waals surface area contributed by atoms with Gasteiger partial charge in [-0.15, -0.1) is 0 Å². The van der Waals surface area contributed by atoms with Crippen LogP contribution >= 0.6 is 0 Å². The Morgan fingerprint density at radius 2 is 2.33 bits per heavy atom. The molecule has 0 radical (unpaired) electrons. The molecule has 4 nitrogen and oxygen atoms in total. The highest BCUT2D eigenvalue weighted by Gasteiger charge is 2.15. The van der Waals surface area contributed by atoms with Gasteiger partial charge >= 0.3 is 0 Å². The van der Waals surface area contributed by atoms with Crippen LogP contribution in [0.4, 0.5) is 0 Å². The normalized spacial score (nSPS) is 14.3. The highest BCUT2D eigenvalue weighted by atomic mass is 17.2. The Labute approximate surface area is 87.8 Å². The lowest BCUT2D eigenvalue weighted by atomic mass is 10.0. The van der Waals surface area contributed by atoms with Crippen molar-refractivity contribution >= 4 is 5.78 Å². The minimum absolute atomic E-state index is 0.0268. The summed E-state index contributed by atoms with van der Waals surface area (Å²) in [6, 6.07) is 1.94. The highest BCUT2D eigenvalue weighted by molar-refractivity contribution is 6.05. The number of carbonyl (C=O) groups excluding carboxylic acids is 1. The van der Waals surface area contributed by atoms with Crippen LogP contribution in [0.5, 0.6) is 0 Å². The van der Waals surface area contributed by atoms with Crippen molar-refractivity contribution < 1.29 is 14.6 Å². The molecule has 0 bridgehead atoms. The number of allylic oxidation sites excluding steroid dienone is 2. The van der Waals surface area contributed by atoms with Crippen molar-refractivity contribution in [3.05, 3.63) is 35.2 Å². The number of rotatable bonds is 4. The fraction of sp³-hybridized carbons (Fsp3) is 0.364. The number of aromatic amines is 1. The number of hydrogen-bond acceptors (Lipinski definition) is 3. The molecule has 80 valence electrons. The molecule has 4 heteroatoms. The van der Waals surface area contributed by atoms with E-state index < -0.39 is 0 Å². The van der Waals surface area contributed by atoms with Gasteiger partial charge in [0.05, 0.1) is 12.3 Å². The second-order valence-electron chi connectivity index (χ2n) is 3.33. The van der Waals surface area contributed by atoms with Crippen LogP contribution in [0, 0.1) is 0 Å². The molecule has 0 unspecified atom stereocenters. The van der Waals surface area contributed by atoms with E-state index in [0.29, 0.717) is 18.9 Å². The molecule has 1 aliphatic rings. The third kappa shape index (κ3) is 2.16. The molecule has 1 aliphatic carbocycles. The Hall–Kier alpha value is -1.39. The second-order valence-corrected chi connectivity index (χ2v) is 3.33. The molecule has 1 N–H and O–H groups in total. The van der Waals surface area contributed by atoms with Gasteiger partial charge in [-0.25, -0.2) is 9.78 Å². The first kappa shape index (κ1) is 10.1. The van der Waals surface area contributed by atoms with Crippen LogP contribution in [-0.2, 0) is 22.8 Å². The van der Waals surface area contributed by atoms with E-state index in [2.05, 4.69) is 4.98 Å². The van der Waals surface area contributed by atoms with Gasteiger partial charge in [0.2, 0.25) is 5.78 Å². The zero-order chi connectivity index (χ0) is 10.7. The SMILES string of the molecule is CCOOCc1cc2c([nH]1)C(=O)C=CC2. The summed E-state index contributed by atoms with van der Waals surface area (Å²) in [5, 5.41) is 0. The molecule has 1 heterocycles. The highest BCUT2D eigenvalue weighted by Crippen LogP contribution is 2.18.